The second kappa shape index (κ2) is 4.71. The molecule has 3 aromatic heterocycles. The lowest BCUT2D eigenvalue weighted by atomic mass is 10.4. The van der Waals surface area contributed by atoms with Crippen LogP contribution in [0.5, 0.6) is 0 Å². The van der Waals surface area contributed by atoms with Crippen LogP contribution in [-0.4, -0.2) is 24.7 Å². The zero-order valence-electron chi connectivity index (χ0n) is 9.98. The number of nitrogens with zero attached hydrogens (tertiary/aromatic N) is 4. The number of anilines is 2. The van der Waals surface area contributed by atoms with E-state index in [2.05, 4.69) is 25.4 Å². The van der Waals surface area contributed by atoms with E-state index in [4.69, 9.17) is 23.2 Å². The van der Waals surface area contributed by atoms with Gasteiger partial charge >= 0.3 is 0 Å². The van der Waals surface area contributed by atoms with E-state index >= 15 is 0 Å². The average molecular weight is 297 g/mol. The number of hydrogen-bond acceptors (Lipinski definition) is 4. The van der Waals surface area contributed by atoms with E-state index in [-0.39, 0.29) is 0 Å². The fourth-order valence-corrected chi connectivity index (χ4v) is 2.29. The highest BCUT2D eigenvalue weighted by Crippen LogP contribution is 2.29. The van der Waals surface area contributed by atoms with Crippen LogP contribution in [0.1, 0.15) is 6.92 Å². The highest BCUT2D eigenvalue weighted by atomic mass is 35.5. The van der Waals surface area contributed by atoms with Crippen LogP contribution in [0.4, 0.5) is 11.6 Å². The standard InChI is InChI=1S/C11H10Cl2N6/c1-2-19-5-6(3-15-19)16-11-17-9(13)8-7(12)4-14-10(8)18-11/h3-5H,2H2,1H3,(H2,14,16,17,18). The van der Waals surface area contributed by atoms with Crippen LogP contribution in [0, 0.1) is 0 Å². The minimum absolute atomic E-state index is 0.307. The smallest absolute Gasteiger partial charge is 0.230 e. The molecule has 2 N–H and O–H groups in total. The van der Waals surface area contributed by atoms with Crippen molar-refractivity contribution in [3.8, 4) is 0 Å². The van der Waals surface area contributed by atoms with E-state index in [9.17, 15) is 0 Å². The van der Waals surface area contributed by atoms with E-state index in [1.807, 2.05) is 13.1 Å². The monoisotopic (exact) mass is 296 g/mol. The number of halogens is 2. The van der Waals surface area contributed by atoms with Crippen molar-refractivity contribution in [2.24, 2.45) is 0 Å². The van der Waals surface area contributed by atoms with Gasteiger partial charge in [0.15, 0.2) is 0 Å². The second-order valence-electron chi connectivity index (χ2n) is 3.91. The number of aromatic nitrogens is 5. The lowest BCUT2D eigenvalue weighted by Gasteiger charge is -2.02. The number of aromatic amines is 1. The molecule has 0 aliphatic carbocycles. The number of aryl methyl sites for hydroxylation is 1. The first-order valence-corrected chi connectivity index (χ1v) is 6.42. The predicted octanol–water partition coefficient (Wildman–Crippen LogP) is 3.22. The van der Waals surface area contributed by atoms with E-state index in [1.54, 1.807) is 17.1 Å². The summed E-state index contributed by atoms with van der Waals surface area (Å²) in [5.41, 5.74) is 1.39. The van der Waals surface area contributed by atoms with Crippen LogP contribution in [-0.2, 0) is 6.54 Å². The molecule has 8 heteroatoms. The topological polar surface area (TPSA) is 71.4 Å². The van der Waals surface area contributed by atoms with Crippen LogP contribution >= 0.6 is 23.2 Å². The Kier molecular flexibility index (Phi) is 3.04. The van der Waals surface area contributed by atoms with Gasteiger partial charge in [-0.05, 0) is 6.92 Å². The van der Waals surface area contributed by atoms with Gasteiger partial charge in [0, 0.05) is 18.9 Å². The zero-order chi connectivity index (χ0) is 13.4. The van der Waals surface area contributed by atoms with E-state index < -0.39 is 0 Å². The second-order valence-corrected chi connectivity index (χ2v) is 4.67. The summed E-state index contributed by atoms with van der Waals surface area (Å²) in [6.07, 6.45) is 5.20. The molecule has 19 heavy (non-hydrogen) atoms. The first-order chi connectivity index (χ1) is 9.17. The molecular weight excluding hydrogens is 287 g/mol. The SMILES string of the molecule is CCn1cc(Nc2nc(Cl)c3c(Cl)c[nH]c3n2)cn1. The van der Waals surface area contributed by atoms with E-state index in [0.29, 0.717) is 27.2 Å². The van der Waals surface area contributed by atoms with E-state index in [1.165, 1.54) is 0 Å². The van der Waals surface area contributed by atoms with Crippen molar-refractivity contribution < 1.29 is 0 Å². The zero-order valence-corrected chi connectivity index (χ0v) is 11.5. The van der Waals surface area contributed by atoms with Crippen LogP contribution in [0.25, 0.3) is 11.0 Å². The Hall–Kier alpha value is -1.79. The van der Waals surface area contributed by atoms with Gasteiger partial charge in [-0.2, -0.15) is 15.1 Å². The molecular formula is C11H10Cl2N6. The van der Waals surface area contributed by atoms with Gasteiger partial charge < -0.3 is 10.3 Å². The summed E-state index contributed by atoms with van der Waals surface area (Å²) in [5, 5.41) is 8.64. The molecule has 0 aromatic carbocycles. The molecule has 0 saturated heterocycles. The molecule has 0 radical (unpaired) electrons. The molecule has 0 unspecified atom stereocenters. The maximum absolute atomic E-state index is 6.09. The fraction of sp³-hybridized carbons (Fsp3) is 0.182. The van der Waals surface area contributed by atoms with Gasteiger partial charge in [-0.15, -0.1) is 0 Å². The maximum Gasteiger partial charge on any atom is 0.230 e. The van der Waals surface area contributed by atoms with Crippen molar-refractivity contribution in [3.05, 3.63) is 28.8 Å². The van der Waals surface area contributed by atoms with Gasteiger partial charge in [-0.25, -0.2) is 0 Å². The molecule has 98 valence electrons. The van der Waals surface area contributed by atoms with Gasteiger partial charge in [0.1, 0.15) is 10.8 Å². The molecule has 0 spiro atoms. The molecule has 0 aliphatic heterocycles. The summed E-state index contributed by atoms with van der Waals surface area (Å²) in [6, 6.07) is 0. The lowest BCUT2D eigenvalue weighted by Crippen LogP contribution is -1.97. The number of fused-ring (bicyclic) bond motifs is 1. The van der Waals surface area contributed by atoms with Crippen LogP contribution in [0.15, 0.2) is 18.6 Å². The summed E-state index contributed by atoms with van der Waals surface area (Å²) >= 11 is 12.1. The first kappa shape index (κ1) is 12.3. The molecule has 0 saturated carbocycles. The molecule has 0 atom stereocenters. The molecule has 3 heterocycles. The van der Waals surface area contributed by atoms with Crippen molar-refractivity contribution in [3.63, 3.8) is 0 Å². The highest BCUT2D eigenvalue weighted by Gasteiger charge is 2.11. The Bertz CT molecular complexity index is 732. The Labute approximate surface area is 118 Å². The fourth-order valence-electron chi connectivity index (χ4n) is 1.74. The minimum atomic E-state index is 0.307. The van der Waals surface area contributed by atoms with Crippen LogP contribution in [0.3, 0.4) is 0 Å². The van der Waals surface area contributed by atoms with Crippen molar-refractivity contribution in [2.45, 2.75) is 13.5 Å². The lowest BCUT2D eigenvalue weighted by molar-refractivity contribution is 0.660. The van der Waals surface area contributed by atoms with Crippen molar-refractivity contribution in [2.75, 3.05) is 5.32 Å². The molecule has 3 rings (SSSR count). The number of nitrogens with one attached hydrogen (secondary N) is 2. The van der Waals surface area contributed by atoms with Gasteiger partial charge in [-0.3, -0.25) is 4.68 Å². The summed E-state index contributed by atoms with van der Waals surface area (Å²) in [7, 11) is 0. The van der Waals surface area contributed by atoms with Crippen LogP contribution < -0.4 is 5.32 Å². The maximum atomic E-state index is 6.09. The first-order valence-electron chi connectivity index (χ1n) is 5.67. The molecule has 0 aliphatic rings. The largest absolute Gasteiger partial charge is 0.344 e. The number of rotatable bonds is 3. The van der Waals surface area contributed by atoms with Gasteiger partial charge in [-0.1, -0.05) is 23.2 Å². The normalized spacial score (nSPS) is 11.1. The summed E-state index contributed by atoms with van der Waals surface area (Å²) in [5.74, 6) is 0.395. The van der Waals surface area contributed by atoms with Gasteiger partial charge in [0.05, 0.1) is 22.3 Å². The number of H-pyrrole nitrogens is 1. The van der Waals surface area contributed by atoms with Crippen molar-refractivity contribution in [1.82, 2.24) is 24.7 Å². The third kappa shape index (κ3) is 2.24. The Balaban J connectivity index is 1.97. The van der Waals surface area contributed by atoms with E-state index in [0.717, 1.165) is 12.2 Å². The Morgan fingerprint density at radius 2 is 2.21 bits per heavy atom. The average Bonchev–Trinajstić information content (AvgIpc) is 2.97. The van der Waals surface area contributed by atoms with Gasteiger partial charge in [0.25, 0.3) is 0 Å². The quantitative estimate of drug-likeness (QED) is 0.728. The summed E-state index contributed by atoms with van der Waals surface area (Å²) in [4.78, 5) is 11.4. The predicted molar refractivity (Wildman–Crippen MR) is 75.1 cm³/mol. The summed E-state index contributed by atoms with van der Waals surface area (Å²) in [6.45, 7) is 2.81. The molecule has 0 bridgehead atoms. The third-order valence-corrected chi connectivity index (χ3v) is 3.22. The molecule has 3 aromatic rings. The minimum Gasteiger partial charge on any atom is -0.344 e. The molecule has 0 amide bonds. The molecule has 6 nitrogen and oxygen atoms in total. The van der Waals surface area contributed by atoms with Gasteiger partial charge in [0.2, 0.25) is 5.95 Å². The highest BCUT2D eigenvalue weighted by molar-refractivity contribution is 6.41. The Morgan fingerprint density at radius 1 is 1.37 bits per heavy atom. The molecule has 0 fully saturated rings. The summed E-state index contributed by atoms with van der Waals surface area (Å²) < 4.78 is 1.80. The number of hydrogen-bond donors (Lipinski definition) is 2. The van der Waals surface area contributed by atoms with Crippen molar-refractivity contribution >= 4 is 45.9 Å². The third-order valence-electron chi connectivity index (χ3n) is 2.65. The van der Waals surface area contributed by atoms with Crippen molar-refractivity contribution in [1.29, 1.82) is 0 Å². The Morgan fingerprint density at radius 3 is 2.95 bits per heavy atom. The van der Waals surface area contributed by atoms with Crippen LogP contribution in [0.2, 0.25) is 10.2 Å².